The summed E-state index contributed by atoms with van der Waals surface area (Å²) >= 11 is 0. The van der Waals surface area contributed by atoms with Crippen LogP contribution in [0.4, 0.5) is 5.69 Å². The molecule has 3 N–H and O–H groups in total. The highest BCUT2D eigenvalue weighted by Gasteiger charge is 2.27. The third-order valence-corrected chi connectivity index (χ3v) is 3.13. The second-order valence-corrected chi connectivity index (χ2v) is 4.34. The van der Waals surface area contributed by atoms with Crippen LogP contribution in [-0.2, 0) is 4.79 Å². The van der Waals surface area contributed by atoms with Gasteiger partial charge in [0.2, 0.25) is 0 Å². The van der Waals surface area contributed by atoms with Gasteiger partial charge in [0.15, 0.2) is 0 Å². The molecule has 1 aromatic heterocycles. The summed E-state index contributed by atoms with van der Waals surface area (Å²) in [6, 6.07) is 1.73. The smallest absolute Gasteiger partial charge is 0.306 e. The number of carbonyl (C=O) groups is 1. The fraction of sp³-hybridized carbons (Fsp3) is 0.500. The van der Waals surface area contributed by atoms with Crippen molar-refractivity contribution in [2.45, 2.75) is 31.8 Å². The van der Waals surface area contributed by atoms with Crippen LogP contribution in [0.3, 0.4) is 0 Å². The van der Waals surface area contributed by atoms with Crippen molar-refractivity contribution in [3.63, 3.8) is 0 Å². The molecule has 0 unspecified atom stereocenters. The van der Waals surface area contributed by atoms with Gasteiger partial charge in [-0.05, 0) is 25.7 Å². The first-order valence-electron chi connectivity index (χ1n) is 5.75. The zero-order chi connectivity index (χ0) is 12.3. The summed E-state index contributed by atoms with van der Waals surface area (Å²) in [5.74, 6) is -0.282. The average Bonchev–Trinajstić information content (AvgIpc) is 2.33. The number of carboxylic acids is 1. The molecule has 2 rings (SSSR count). The van der Waals surface area contributed by atoms with Gasteiger partial charge >= 0.3 is 5.97 Å². The van der Waals surface area contributed by atoms with Crippen molar-refractivity contribution in [2.75, 3.05) is 5.73 Å². The SMILES string of the molecule is Nc1cnccc1O[C@H]1CC[C@H](C(=O)O)CC1. The summed E-state index contributed by atoms with van der Waals surface area (Å²) in [6.45, 7) is 0. The van der Waals surface area contributed by atoms with Crippen molar-refractivity contribution in [3.05, 3.63) is 18.5 Å². The minimum absolute atomic E-state index is 0.0651. The fourth-order valence-electron chi connectivity index (χ4n) is 2.11. The molecule has 1 fully saturated rings. The van der Waals surface area contributed by atoms with Crippen LogP contribution >= 0.6 is 0 Å². The summed E-state index contributed by atoms with van der Waals surface area (Å²) in [7, 11) is 0. The maximum atomic E-state index is 10.8. The van der Waals surface area contributed by atoms with Gasteiger partial charge in [0, 0.05) is 12.3 Å². The van der Waals surface area contributed by atoms with Gasteiger partial charge in [-0.15, -0.1) is 0 Å². The number of nitrogens with zero attached hydrogens (tertiary/aromatic N) is 1. The van der Waals surface area contributed by atoms with Crippen LogP contribution in [0.5, 0.6) is 5.75 Å². The third kappa shape index (κ3) is 2.87. The van der Waals surface area contributed by atoms with Crippen LogP contribution in [0.15, 0.2) is 18.5 Å². The van der Waals surface area contributed by atoms with Crippen molar-refractivity contribution >= 4 is 11.7 Å². The molecule has 0 aliphatic heterocycles. The Morgan fingerprint density at radius 3 is 2.71 bits per heavy atom. The van der Waals surface area contributed by atoms with Crippen LogP contribution in [0.25, 0.3) is 0 Å². The topological polar surface area (TPSA) is 85.4 Å². The molecule has 1 aliphatic rings. The van der Waals surface area contributed by atoms with Crippen LogP contribution in [-0.4, -0.2) is 22.2 Å². The van der Waals surface area contributed by atoms with Gasteiger partial charge < -0.3 is 15.6 Å². The van der Waals surface area contributed by atoms with E-state index in [0.29, 0.717) is 24.3 Å². The zero-order valence-electron chi connectivity index (χ0n) is 9.50. The average molecular weight is 236 g/mol. The van der Waals surface area contributed by atoms with Gasteiger partial charge in [-0.3, -0.25) is 9.78 Å². The Kier molecular flexibility index (Phi) is 3.46. The van der Waals surface area contributed by atoms with Gasteiger partial charge in [-0.2, -0.15) is 0 Å². The number of ether oxygens (including phenoxy) is 1. The molecule has 0 aromatic carbocycles. The Hall–Kier alpha value is -1.78. The largest absolute Gasteiger partial charge is 0.488 e. The molecule has 92 valence electrons. The molecular weight excluding hydrogens is 220 g/mol. The lowest BCUT2D eigenvalue weighted by molar-refractivity contribution is -0.143. The molecular formula is C12H16N2O3. The van der Waals surface area contributed by atoms with E-state index in [-0.39, 0.29) is 12.0 Å². The predicted octanol–water partition coefficient (Wildman–Crippen LogP) is 1.69. The molecule has 5 nitrogen and oxygen atoms in total. The summed E-state index contributed by atoms with van der Waals surface area (Å²) < 4.78 is 5.76. The fourth-order valence-corrected chi connectivity index (χ4v) is 2.11. The first-order valence-corrected chi connectivity index (χ1v) is 5.75. The van der Waals surface area contributed by atoms with E-state index in [1.165, 1.54) is 0 Å². The Balaban J connectivity index is 1.90. The van der Waals surface area contributed by atoms with E-state index in [9.17, 15) is 4.79 Å². The molecule has 0 amide bonds. The quantitative estimate of drug-likeness (QED) is 0.834. The molecule has 1 aliphatic carbocycles. The number of aromatic nitrogens is 1. The number of nitrogen functional groups attached to an aromatic ring is 1. The minimum Gasteiger partial charge on any atom is -0.488 e. The second kappa shape index (κ2) is 5.03. The third-order valence-electron chi connectivity index (χ3n) is 3.13. The Morgan fingerprint density at radius 2 is 2.12 bits per heavy atom. The lowest BCUT2D eigenvalue weighted by atomic mass is 9.87. The van der Waals surface area contributed by atoms with Crippen molar-refractivity contribution in [2.24, 2.45) is 5.92 Å². The molecule has 17 heavy (non-hydrogen) atoms. The van der Waals surface area contributed by atoms with E-state index >= 15 is 0 Å². The zero-order valence-corrected chi connectivity index (χ0v) is 9.50. The number of nitrogens with two attached hydrogens (primary N) is 1. The maximum absolute atomic E-state index is 10.8. The number of rotatable bonds is 3. The molecule has 0 atom stereocenters. The highest BCUT2D eigenvalue weighted by atomic mass is 16.5. The molecule has 1 saturated carbocycles. The highest BCUT2D eigenvalue weighted by Crippen LogP contribution is 2.29. The summed E-state index contributed by atoms with van der Waals surface area (Å²) in [4.78, 5) is 14.7. The van der Waals surface area contributed by atoms with Crippen molar-refractivity contribution in [1.82, 2.24) is 4.98 Å². The lowest BCUT2D eigenvalue weighted by Crippen LogP contribution is -2.28. The van der Waals surface area contributed by atoms with Gasteiger partial charge in [0.05, 0.1) is 23.9 Å². The number of hydrogen-bond donors (Lipinski definition) is 2. The first kappa shape index (κ1) is 11.7. The van der Waals surface area contributed by atoms with E-state index in [1.807, 2.05) is 0 Å². The standard InChI is InChI=1S/C12H16N2O3/c13-10-7-14-6-5-11(10)17-9-3-1-8(2-4-9)12(15)16/h5-9H,1-4,13H2,(H,15,16)/t8-,9-. The van der Waals surface area contributed by atoms with Crippen LogP contribution in [0, 0.1) is 5.92 Å². The van der Waals surface area contributed by atoms with Gasteiger partial charge in [-0.25, -0.2) is 0 Å². The van der Waals surface area contributed by atoms with Gasteiger partial charge in [0.1, 0.15) is 5.75 Å². The number of anilines is 1. The normalized spacial score (nSPS) is 24.2. The Labute approximate surface area is 99.6 Å². The van der Waals surface area contributed by atoms with E-state index in [1.54, 1.807) is 18.5 Å². The maximum Gasteiger partial charge on any atom is 0.306 e. The first-order chi connectivity index (χ1) is 8.16. The number of pyridine rings is 1. The summed E-state index contributed by atoms with van der Waals surface area (Å²) in [6.07, 6.45) is 6.12. The highest BCUT2D eigenvalue weighted by molar-refractivity contribution is 5.70. The van der Waals surface area contributed by atoms with Gasteiger partial charge in [0.25, 0.3) is 0 Å². The van der Waals surface area contributed by atoms with Crippen molar-refractivity contribution in [1.29, 1.82) is 0 Å². The predicted molar refractivity (Wildman–Crippen MR) is 62.7 cm³/mol. The molecule has 0 bridgehead atoms. The van der Waals surface area contributed by atoms with E-state index in [0.717, 1.165) is 12.8 Å². The van der Waals surface area contributed by atoms with Crippen molar-refractivity contribution in [3.8, 4) is 5.75 Å². The second-order valence-electron chi connectivity index (χ2n) is 4.34. The monoisotopic (exact) mass is 236 g/mol. The number of carboxylic acid groups (broad SMARTS) is 1. The molecule has 5 heteroatoms. The summed E-state index contributed by atoms with van der Waals surface area (Å²) in [5, 5.41) is 8.89. The van der Waals surface area contributed by atoms with Crippen LogP contribution in [0.1, 0.15) is 25.7 Å². The molecule has 1 heterocycles. The van der Waals surface area contributed by atoms with E-state index < -0.39 is 5.97 Å². The Morgan fingerprint density at radius 1 is 1.41 bits per heavy atom. The lowest BCUT2D eigenvalue weighted by Gasteiger charge is -2.27. The van der Waals surface area contributed by atoms with Crippen molar-refractivity contribution < 1.29 is 14.6 Å². The molecule has 0 saturated heterocycles. The van der Waals surface area contributed by atoms with Gasteiger partial charge in [-0.1, -0.05) is 0 Å². The molecule has 0 spiro atoms. The molecule has 0 radical (unpaired) electrons. The number of hydrogen-bond acceptors (Lipinski definition) is 4. The Bertz CT molecular complexity index is 400. The van der Waals surface area contributed by atoms with E-state index in [4.69, 9.17) is 15.6 Å². The number of aliphatic carboxylic acids is 1. The van der Waals surface area contributed by atoms with Crippen LogP contribution in [0.2, 0.25) is 0 Å². The minimum atomic E-state index is -0.702. The van der Waals surface area contributed by atoms with E-state index in [2.05, 4.69) is 4.98 Å². The summed E-state index contributed by atoms with van der Waals surface area (Å²) in [5.41, 5.74) is 6.25. The molecule has 1 aromatic rings. The van der Waals surface area contributed by atoms with Crippen LogP contribution < -0.4 is 10.5 Å².